The van der Waals surface area contributed by atoms with Crippen LogP contribution in [0.5, 0.6) is 0 Å². The third-order valence-electron chi connectivity index (χ3n) is 2.36. The molecule has 0 saturated carbocycles. The maximum absolute atomic E-state index is 13.6. The molecule has 1 rings (SSSR count). The molecule has 0 aliphatic carbocycles. The van der Waals surface area contributed by atoms with E-state index in [0.717, 1.165) is 17.9 Å². The molecule has 7 heteroatoms. The first kappa shape index (κ1) is 15.8. The van der Waals surface area contributed by atoms with E-state index in [1.807, 2.05) is 6.26 Å². The molecule has 0 aliphatic rings. The fraction of sp³-hybridized carbons (Fsp3) is 0.417. The van der Waals surface area contributed by atoms with Crippen LogP contribution >= 0.6 is 11.8 Å². The maximum Gasteiger partial charge on any atom is 0.419 e. The normalized spacial score (nSPS) is 11.4. The Morgan fingerprint density at radius 3 is 2.63 bits per heavy atom. The van der Waals surface area contributed by atoms with Crippen molar-refractivity contribution in [2.45, 2.75) is 12.6 Å². The Kier molecular flexibility index (Phi) is 5.65. The summed E-state index contributed by atoms with van der Waals surface area (Å²) in [7, 11) is 0. The van der Waals surface area contributed by atoms with Crippen LogP contribution in [-0.2, 0) is 6.18 Å². The van der Waals surface area contributed by atoms with Gasteiger partial charge in [-0.25, -0.2) is 4.39 Å². The molecule has 1 aromatic rings. The van der Waals surface area contributed by atoms with Gasteiger partial charge in [0.1, 0.15) is 5.82 Å². The number of carbonyl (C=O) groups excluding carboxylic acids is 1. The van der Waals surface area contributed by atoms with Gasteiger partial charge in [-0.3, -0.25) is 4.79 Å². The second kappa shape index (κ2) is 6.79. The number of thioether (sulfide) groups is 1. The lowest BCUT2D eigenvalue weighted by Crippen LogP contribution is -2.26. The summed E-state index contributed by atoms with van der Waals surface area (Å²) in [5.41, 5.74) is -2.01. The van der Waals surface area contributed by atoms with Crippen LogP contribution in [0.1, 0.15) is 22.3 Å². The number of hydrogen-bond donors (Lipinski definition) is 1. The Morgan fingerprint density at radius 1 is 1.37 bits per heavy atom. The highest BCUT2D eigenvalue weighted by molar-refractivity contribution is 7.98. The van der Waals surface area contributed by atoms with Crippen molar-refractivity contribution in [3.05, 3.63) is 35.1 Å². The number of carbonyl (C=O) groups is 1. The van der Waals surface area contributed by atoms with Crippen molar-refractivity contribution in [1.29, 1.82) is 0 Å². The average Bonchev–Trinajstić information content (AvgIpc) is 2.33. The lowest BCUT2D eigenvalue weighted by atomic mass is 10.1. The molecule has 0 radical (unpaired) electrons. The lowest BCUT2D eigenvalue weighted by Gasteiger charge is -2.11. The number of benzene rings is 1. The number of halogens is 4. The number of alkyl halides is 3. The SMILES string of the molecule is CSCCCNC(=O)c1cccc(C(F)(F)F)c1F. The Hall–Kier alpha value is -1.24. The summed E-state index contributed by atoms with van der Waals surface area (Å²) < 4.78 is 51.0. The zero-order valence-electron chi connectivity index (χ0n) is 10.2. The van der Waals surface area contributed by atoms with Crippen LogP contribution in [0.15, 0.2) is 18.2 Å². The van der Waals surface area contributed by atoms with Crippen molar-refractivity contribution in [2.75, 3.05) is 18.6 Å². The molecule has 1 aromatic carbocycles. The van der Waals surface area contributed by atoms with Gasteiger partial charge in [-0.15, -0.1) is 0 Å². The number of rotatable bonds is 5. The predicted molar refractivity (Wildman–Crippen MR) is 66.7 cm³/mol. The molecule has 19 heavy (non-hydrogen) atoms. The monoisotopic (exact) mass is 295 g/mol. The van der Waals surface area contributed by atoms with E-state index in [2.05, 4.69) is 5.32 Å². The number of nitrogens with one attached hydrogen (secondary N) is 1. The van der Waals surface area contributed by atoms with E-state index in [0.29, 0.717) is 19.0 Å². The maximum atomic E-state index is 13.6. The molecule has 0 fully saturated rings. The van der Waals surface area contributed by atoms with Crippen LogP contribution in [0.3, 0.4) is 0 Å². The zero-order chi connectivity index (χ0) is 14.5. The topological polar surface area (TPSA) is 29.1 Å². The summed E-state index contributed by atoms with van der Waals surface area (Å²) >= 11 is 1.58. The Morgan fingerprint density at radius 2 is 2.05 bits per heavy atom. The van der Waals surface area contributed by atoms with Crippen molar-refractivity contribution in [3.63, 3.8) is 0 Å². The molecule has 0 saturated heterocycles. The number of hydrogen-bond acceptors (Lipinski definition) is 2. The van der Waals surface area contributed by atoms with Crippen LogP contribution < -0.4 is 5.32 Å². The highest BCUT2D eigenvalue weighted by atomic mass is 32.2. The average molecular weight is 295 g/mol. The first-order valence-electron chi connectivity index (χ1n) is 5.50. The van der Waals surface area contributed by atoms with Crippen LogP contribution in [-0.4, -0.2) is 24.5 Å². The largest absolute Gasteiger partial charge is 0.419 e. The van der Waals surface area contributed by atoms with Gasteiger partial charge in [0.2, 0.25) is 0 Å². The van der Waals surface area contributed by atoms with E-state index < -0.39 is 29.0 Å². The van der Waals surface area contributed by atoms with Crippen LogP contribution in [0, 0.1) is 5.82 Å². The van der Waals surface area contributed by atoms with E-state index >= 15 is 0 Å². The molecular weight excluding hydrogens is 282 g/mol. The molecule has 1 amide bonds. The van der Waals surface area contributed by atoms with Crippen molar-refractivity contribution in [2.24, 2.45) is 0 Å². The second-order valence-electron chi connectivity index (χ2n) is 3.77. The van der Waals surface area contributed by atoms with Gasteiger partial charge >= 0.3 is 6.18 Å². The van der Waals surface area contributed by atoms with E-state index in [1.165, 1.54) is 0 Å². The van der Waals surface area contributed by atoms with Gasteiger partial charge in [-0.05, 0) is 30.6 Å². The molecule has 0 aliphatic heterocycles. The standard InChI is InChI=1S/C12H13F4NOS/c1-19-7-3-6-17-11(18)8-4-2-5-9(10(8)13)12(14,15)16/h2,4-5H,3,6-7H2,1H3,(H,17,18). The fourth-order valence-corrected chi connectivity index (χ4v) is 1.87. The summed E-state index contributed by atoms with van der Waals surface area (Å²) in [6.45, 7) is 0.301. The van der Waals surface area contributed by atoms with Crippen LogP contribution in [0.4, 0.5) is 17.6 Å². The molecule has 0 heterocycles. The highest BCUT2D eigenvalue weighted by Crippen LogP contribution is 2.32. The Labute approximate surface area is 112 Å². The van der Waals surface area contributed by atoms with Crippen molar-refractivity contribution in [1.82, 2.24) is 5.32 Å². The van der Waals surface area contributed by atoms with Gasteiger partial charge in [-0.1, -0.05) is 6.07 Å². The summed E-state index contributed by atoms with van der Waals surface area (Å²) in [5, 5.41) is 2.39. The minimum atomic E-state index is -4.81. The summed E-state index contributed by atoms with van der Waals surface area (Å²) in [5.74, 6) is -1.55. The summed E-state index contributed by atoms with van der Waals surface area (Å²) in [6, 6.07) is 2.66. The predicted octanol–water partition coefficient (Wildman–Crippen LogP) is 3.33. The van der Waals surface area contributed by atoms with E-state index in [9.17, 15) is 22.4 Å². The third-order valence-corrected chi connectivity index (χ3v) is 3.06. The Balaban J connectivity index is 2.81. The van der Waals surface area contributed by atoms with Gasteiger partial charge in [0.05, 0.1) is 11.1 Å². The quantitative estimate of drug-likeness (QED) is 0.667. The summed E-state index contributed by atoms with van der Waals surface area (Å²) in [6.07, 6.45) is -2.24. The minimum absolute atomic E-state index is 0.301. The first-order valence-corrected chi connectivity index (χ1v) is 6.90. The summed E-state index contributed by atoms with van der Waals surface area (Å²) in [4.78, 5) is 11.6. The van der Waals surface area contributed by atoms with E-state index in [1.54, 1.807) is 11.8 Å². The molecule has 2 nitrogen and oxygen atoms in total. The first-order chi connectivity index (χ1) is 8.88. The molecule has 0 unspecified atom stereocenters. The van der Waals surface area contributed by atoms with Gasteiger partial charge in [-0.2, -0.15) is 24.9 Å². The molecule has 1 N–H and O–H groups in total. The smallest absolute Gasteiger partial charge is 0.352 e. The molecule has 0 atom stereocenters. The zero-order valence-corrected chi connectivity index (χ0v) is 11.0. The molecule has 0 aromatic heterocycles. The van der Waals surface area contributed by atoms with E-state index in [4.69, 9.17) is 0 Å². The van der Waals surface area contributed by atoms with E-state index in [-0.39, 0.29) is 0 Å². The molecule has 0 spiro atoms. The third kappa shape index (κ3) is 4.41. The number of amides is 1. The van der Waals surface area contributed by atoms with Crippen molar-refractivity contribution in [3.8, 4) is 0 Å². The molecular formula is C12H13F4NOS. The van der Waals surface area contributed by atoms with Gasteiger partial charge < -0.3 is 5.32 Å². The fourth-order valence-electron chi connectivity index (χ4n) is 1.44. The van der Waals surface area contributed by atoms with Crippen molar-refractivity contribution < 1.29 is 22.4 Å². The highest BCUT2D eigenvalue weighted by Gasteiger charge is 2.35. The lowest BCUT2D eigenvalue weighted by molar-refractivity contribution is -0.140. The van der Waals surface area contributed by atoms with Gasteiger partial charge in [0, 0.05) is 6.54 Å². The van der Waals surface area contributed by atoms with Crippen molar-refractivity contribution >= 4 is 17.7 Å². The molecule has 0 bridgehead atoms. The Bertz CT molecular complexity index is 448. The minimum Gasteiger partial charge on any atom is -0.352 e. The van der Waals surface area contributed by atoms with Crippen LogP contribution in [0.25, 0.3) is 0 Å². The second-order valence-corrected chi connectivity index (χ2v) is 4.75. The van der Waals surface area contributed by atoms with Gasteiger partial charge in [0.15, 0.2) is 0 Å². The molecule has 106 valence electrons. The van der Waals surface area contributed by atoms with Crippen LogP contribution in [0.2, 0.25) is 0 Å². The van der Waals surface area contributed by atoms with Gasteiger partial charge in [0.25, 0.3) is 5.91 Å².